The van der Waals surface area contributed by atoms with Crippen molar-refractivity contribution in [3.8, 4) is 0 Å². The van der Waals surface area contributed by atoms with E-state index in [4.69, 9.17) is 0 Å². The topological polar surface area (TPSA) is 17.1 Å². The van der Waals surface area contributed by atoms with Crippen molar-refractivity contribution in [2.24, 2.45) is 5.92 Å². The molecule has 0 aromatic heterocycles. The summed E-state index contributed by atoms with van der Waals surface area (Å²) >= 11 is 2.48. The summed E-state index contributed by atoms with van der Waals surface area (Å²) in [5.41, 5.74) is 0. The van der Waals surface area contributed by atoms with Gasteiger partial charge in [-0.2, -0.15) is 0 Å². The summed E-state index contributed by atoms with van der Waals surface area (Å²) in [6.45, 7) is 6.76. The SMILES string of the molecule is CCCCC/C=C\C/C=C\C/C=C\CCCCCC(CCCCC/C=C\C/C=C\C/C=C\CCCCC)CC(=O)CCCC(C)I. The first-order valence-corrected chi connectivity index (χ1v) is 20.9. The molecule has 264 valence electrons. The number of halogens is 1. The van der Waals surface area contributed by atoms with Gasteiger partial charge in [0.15, 0.2) is 0 Å². The van der Waals surface area contributed by atoms with Gasteiger partial charge in [-0.15, -0.1) is 0 Å². The van der Waals surface area contributed by atoms with Crippen molar-refractivity contribution in [2.75, 3.05) is 0 Å². The van der Waals surface area contributed by atoms with Crippen LogP contribution in [0.5, 0.6) is 0 Å². The zero-order chi connectivity index (χ0) is 33.6. The van der Waals surface area contributed by atoms with Gasteiger partial charge in [-0.1, -0.05) is 180 Å². The summed E-state index contributed by atoms with van der Waals surface area (Å²) in [5, 5.41) is 0. The zero-order valence-corrected chi connectivity index (χ0v) is 32.9. The lowest BCUT2D eigenvalue weighted by molar-refractivity contribution is -0.120. The Morgan fingerprint density at radius 2 is 0.848 bits per heavy atom. The maximum atomic E-state index is 12.7. The molecule has 1 nitrogen and oxygen atoms in total. The van der Waals surface area contributed by atoms with Crippen LogP contribution in [0.15, 0.2) is 72.9 Å². The maximum Gasteiger partial charge on any atom is 0.133 e. The minimum atomic E-state index is 0.507. The van der Waals surface area contributed by atoms with E-state index in [0.29, 0.717) is 15.6 Å². The maximum absolute atomic E-state index is 12.7. The van der Waals surface area contributed by atoms with E-state index in [1.165, 1.54) is 116 Å². The van der Waals surface area contributed by atoms with Gasteiger partial charge < -0.3 is 0 Å². The highest BCUT2D eigenvalue weighted by Crippen LogP contribution is 2.23. The van der Waals surface area contributed by atoms with E-state index < -0.39 is 0 Å². The van der Waals surface area contributed by atoms with Gasteiger partial charge in [0.2, 0.25) is 0 Å². The molecule has 0 saturated carbocycles. The van der Waals surface area contributed by atoms with Crippen molar-refractivity contribution >= 4 is 28.4 Å². The first kappa shape index (κ1) is 44.8. The Bertz CT molecular complexity index is 758. The molecule has 1 unspecified atom stereocenters. The number of rotatable bonds is 34. The van der Waals surface area contributed by atoms with Gasteiger partial charge >= 0.3 is 0 Å². The average Bonchev–Trinajstić information content (AvgIpc) is 3.04. The predicted octanol–water partition coefficient (Wildman–Crippen LogP) is 15.5. The van der Waals surface area contributed by atoms with Gasteiger partial charge in [-0.25, -0.2) is 0 Å². The second kappa shape index (κ2) is 38.3. The Balaban J connectivity index is 4.15. The van der Waals surface area contributed by atoms with Crippen molar-refractivity contribution < 1.29 is 4.79 Å². The summed E-state index contributed by atoms with van der Waals surface area (Å²) < 4.78 is 0.667. The minimum absolute atomic E-state index is 0.507. The molecule has 0 N–H and O–H groups in total. The Morgan fingerprint density at radius 1 is 0.478 bits per heavy atom. The van der Waals surface area contributed by atoms with E-state index in [1.807, 2.05) is 0 Å². The Kier molecular flexibility index (Phi) is 37.3. The smallest absolute Gasteiger partial charge is 0.133 e. The summed E-state index contributed by atoms with van der Waals surface area (Å²) in [6.07, 6.45) is 58.7. The number of Topliss-reactive ketones (excluding diaryl/α,β-unsaturated/α-hetero) is 1. The number of carbonyl (C=O) groups excluding carboxylic acids is 1. The molecule has 0 radical (unpaired) electrons. The van der Waals surface area contributed by atoms with Crippen LogP contribution in [0, 0.1) is 5.92 Å². The van der Waals surface area contributed by atoms with Crippen LogP contribution in [0.25, 0.3) is 0 Å². The number of ketones is 1. The standard InChI is InChI=1S/C44H75IO/c1-4-6-8-10-12-14-16-18-20-22-24-26-28-30-32-34-38-43(41-44(46)40-36-37-42(3)45)39-35-33-31-29-27-25-23-21-19-17-15-13-11-9-7-5-2/h12-15,18-21,24-27,42-43H,4-11,16-17,22-23,28-41H2,1-3H3/b14-12-,15-13-,20-18-,21-19-,26-24-,27-25-. The fourth-order valence-corrected chi connectivity index (χ4v) is 6.12. The molecule has 0 heterocycles. The summed E-state index contributed by atoms with van der Waals surface area (Å²) in [5.74, 6) is 1.10. The lowest BCUT2D eigenvalue weighted by Crippen LogP contribution is -2.09. The average molecular weight is 747 g/mol. The van der Waals surface area contributed by atoms with Crippen LogP contribution in [0.3, 0.4) is 0 Å². The van der Waals surface area contributed by atoms with Crippen molar-refractivity contribution in [1.82, 2.24) is 0 Å². The lowest BCUT2D eigenvalue weighted by Gasteiger charge is -2.16. The molecule has 0 fully saturated rings. The van der Waals surface area contributed by atoms with Crippen molar-refractivity contribution in [2.45, 2.75) is 192 Å². The molecule has 0 spiro atoms. The van der Waals surface area contributed by atoms with E-state index in [2.05, 4.69) is 116 Å². The second-order valence-electron chi connectivity index (χ2n) is 13.3. The number of hydrogen-bond donors (Lipinski definition) is 0. The lowest BCUT2D eigenvalue weighted by atomic mass is 9.89. The fraction of sp³-hybridized carbons (Fsp3) is 0.705. The van der Waals surface area contributed by atoms with E-state index in [9.17, 15) is 4.79 Å². The first-order chi connectivity index (χ1) is 22.6. The summed E-state index contributed by atoms with van der Waals surface area (Å²) in [6, 6.07) is 0. The van der Waals surface area contributed by atoms with Crippen LogP contribution in [-0.2, 0) is 4.79 Å². The number of allylic oxidation sites excluding steroid dienone is 12. The van der Waals surface area contributed by atoms with Gasteiger partial charge in [-0.05, 0) is 95.8 Å². The zero-order valence-electron chi connectivity index (χ0n) is 30.8. The molecular weight excluding hydrogens is 671 g/mol. The largest absolute Gasteiger partial charge is 0.300 e. The van der Waals surface area contributed by atoms with E-state index in [-0.39, 0.29) is 0 Å². The molecular formula is C44H75IO. The summed E-state index contributed by atoms with van der Waals surface area (Å²) in [4.78, 5) is 12.7. The predicted molar refractivity (Wildman–Crippen MR) is 218 cm³/mol. The quantitative estimate of drug-likeness (QED) is 0.0277. The van der Waals surface area contributed by atoms with Crippen LogP contribution >= 0.6 is 22.6 Å². The van der Waals surface area contributed by atoms with Crippen LogP contribution in [0.4, 0.5) is 0 Å². The van der Waals surface area contributed by atoms with Gasteiger partial charge in [0.25, 0.3) is 0 Å². The molecule has 46 heavy (non-hydrogen) atoms. The highest BCUT2D eigenvalue weighted by molar-refractivity contribution is 14.1. The molecule has 0 bridgehead atoms. The van der Waals surface area contributed by atoms with Crippen LogP contribution in [0.1, 0.15) is 188 Å². The van der Waals surface area contributed by atoms with Gasteiger partial charge in [0, 0.05) is 16.8 Å². The van der Waals surface area contributed by atoms with Crippen molar-refractivity contribution in [1.29, 1.82) is 0 Å². The monoisotopic (exact) mass is 746 g/mol. The van der Waals surface area contributed by atoms with E-state index in [1.54, 1.807) is 0 Å². The Labute approximate surface area is 302 Å². The highest BCUT2D eigenvalue weighted by atomic mass is 127. The molecule has 0 rings (SSSR count). The first-order valence-electron chi connectivity index (χ1n) is 19.7. The van der Waals surface area contributed by atoms with Gasteiger partial charge in [-0.3, -0.25) is 4.79 Å². The van der Waals surface area contributed by atoms with Gasteiger partial charge in [0.05, 0.1) is 0 Å². The fourth-order valence-electron chi connectivity index (χ4n) is 5.68. The molecule has 1 atom stereocenters. The van der Waals surface area contributed by atoms with Crippen LogP contribution < -0.4 is 0 Å². The third-order valence-electron chi connectivity index (χ3n) is 8.58. The number of hydrogen-bond acceptors (Lipinski definition) is 1. The third-order valence-corrected chi connectivity index (χ3v) is 9.20. The molecule has 0 aromatic rings. The molecule has 0 aliphatic heterocycles. The highest BCUT2D eigenvalue weighted by Gasteiger charge is 2.14. The van der Waals surface area contributed by atoms with Crippen LogP contribution in [-0.4, -0.2) is 9.71 Å². The molecule has 0 saturated heterocycles. The summed E-state index contributed by atoms with van der Waals surface area (Å²) in [7, 11) is 0. The molecule has 0 aromatic carbocycles. The Hall–Kier alpha value is -1.16. The minimum Gasteiger partial charge on any atom is -0.300 e. The van der Waals surface area contributed by atoms with Gasteiger partial charge in [0.1, 0.15) is 5.78 Å². The Morgan fingerprint density at radius 3 is 1.22 bits per heavy atom. The van der Waals surface area contributed by atoms with Crippen molar-refractivity contribution in [3.05, 3.63) is 72.9 Å². The van der Waals surface area contributed by atoms with Crippen LogP contribution in [0.2, 0.25) is 0 Å². The second-order valence-corrected chi connectivity index (χ2v) is 15.4. The third kappa shape index (κ3) is 37.3. The molecule has 0 aliphatic rings. The van der Waals surface area contributed by atoms with E-state index in [0.717, 1.165) is 51.4 Å². The number of carbonyl (C=O) groups is 1. The molecule has 2 heteroatoms. The number of unbranched alkanes of at least 4 members (excludes halogenated alkanes) is 12. The normalized spacial score (nSPS) is 13.4. The number of alkyl halides is 1. The van der Waals surface area contributed by atoms with Crippen molar-refractivity contribution in [3.63, 3.8) is 0 Å². The molecule has 0 amide bonds. The molecule has 0 aliphatic carbocycles. The van der Waals surface area contributed by atoms with E-state index >= 15 is 0 Å².